The highest BCUT2D eigenvalue weighted by molar-refractivity contribution is 7.12. The normalized spacial score (nSPS) is 10.5. The molecule has 6 nitrogen and oxygen atoms in total. The number of amides is 1. The number of carbonyl (C=O) groups is 2. The number of esters is 1. The van der Waals surface area contributed by atoms with Crippen LogP contribution < -0.4 is 14.8 Å². The molecule has 1 N–H and O–H groups in total. The lowest BCUT2D eigenvalue weighted by molar-refractivity contribution is -0.124. The van der Waals surface area contributed by atoms with Crippen molar-refractivity contribution < 1.29 is 32.6 Å². The van der Waals surface area contributed by atoms with Crippen LogP contribution in [-0.2, 0) is 16.1 Å². The van der Waals surface area contributed by atoms with Crippen LogP contribution in [0.3, 0.4) is 0 Å². The van der Waals surface area contributed by atoms with Gasteiger partial charge in [-0.15, -0.1) is 11.3 Å². The molecule has 2 aromatic rings. The van der Waals surface area contributed by atoms with Crippen LogP contribution in [0, 0.1) is 6.92 Å². The van der Waals surface area contributed by atoms with E-state index in [-0.39, 0.29) is 18.0 Å². The highest BCUT2D eigenvalue weighted by Gasteiger charge is 2.14. The third kappa shape index (κ3) is 5.41. The Morgan fingerprint density at radius 3 is 2.62 bits per heavy atom. The van der Waals surface area contributed by atoms with Crippen molar-refractivity contribution in [2.75, 3.05) is 13.7 Å². The number of rotatable bonds is 8. The van der Waals surface area contributed by atoms with Gasteiger partial charge in [0.25, 0.3) is 5.91 Å². The maximum absolute atomic E-state index is 12.3. The van der Waals surface area contributed by atoms with Crippen LogP contribution in [0.2, 0.25) is 0 Å². The van der Waals surface area contributed by atoms with E-state index in [4.69, 9.17) is 9.47 Å². The zero-order valence-electron chi connectivity index (χ0n) is 14.1. The highest BCUT2D eigenvalue weighted by atomic mass is 32.1. The van der Waals surface area contributed by atoms with Gasteiger partial charge >= 0.3 is 12.6 Å². The summed E-state index contributed by atoms with van der Waals surface area (Å²) in [5.41, 5.74) is 1.40. The molecule has 1 aromatic carbocycles. The van der Waals surface area contributed by atoms with Crippen LogP contribution in [0.25, 0.3) is 0 Å². The molecular formula is C17H17F2NO5S. The number of carbonyl (C=O) groups excluding carboxylic acids is 2. The van der Waals surface area contributed by atoms with E-state index in [0.717, 1.165) is 5.56 Å². The minimum absolute atomic E-state index is 0.0992. The number of hydrogen-bond donors (Lipinski definition) is 1. The van der Waals surface area contributed by atoms with E-state index in [2.05, 4.69) is 10.1 Å². The predicted octanol–water partition coefficient (Wildman–Crippen LogP) is 3.14. The molecule has 0 spiro atoms. The Balaban J connectivity index is 1.85. The zero-order valence-corrected chi connectivity index (χ0v) is 14.9. The molecule has 0 aliphatic carbocycles. The summed E-state index contributed by atoms with van der Waals surface area (Å²) in [6.45, 7) is -1.49. The summed E-state index contributed by atoms with van der Waals surface area (Å²) in [6.07, 6.45) is 0. The van der Waals surface area contributed by atoms with E-state index in [0.29, 0.717) is 10.4 Å². The molecule has 0 radical (unpaired) electrons. The van der Waals surface area contributed by atoms with Crippen LogP contribution in [0.15, 0.2) is 29.6 Å². The van der Waals surface area contributed by atoms with Crippen molar-refractivity contribution in [3.63, 3.8) is 0 Å². The van der Waals surface area contributed by atoms with Gasteiger partial charge in [0.1, 0.15) is 4.88 Å². The van der Waals surface area contributed by atoms with Crippen LogP contribution in [0.1, 0.15) is 20.8 Å². The summed E-state index contributed by atoms with van der Waals surface area (Å²) >= 11 is 1.24. The second-order valence-electron chi connectivity index (χ2n) is 5.15. The van der Waals surface area contributed by atoms with Gasteiger partial charge in [0.2, 0.25) is 0 Å². The lowest BCUT2D eigenvalue weighted by Gasteiger charge is -2.12. The van der Waals surface area contributed by atoms with Gasteiger partial charge in [-0.1, -0.05) is 6.07 Å². The Hall–Kier alpha value is -2.68. The zero-order chi connectivity index (χ0) is 19.1. The Morgan fingerprint density at radius 1 is 1.23 bits per heavy atom. The van der Waals surface area contributed by atoms with E-state index in [1.54, 1.807) is 18.4 Å². The topological polar surface area (TPSA) is 73.9 Å². The first-order chi connectivity index (χ1) is 12.4. The Kier molecular flexibility index (Phi) is 6.90. The summed E-state index contributed by atoms with van der Waals surface area (Å²) < 4.78 is 38.9. The van der Waals surface area contributed by atoms with Crippen LogP contribution in [0.5, 0.6) is 11.5 Å². The van der Waals surface area contributed by atoms with Crippen molar-refractivity contribution in [1.29, 1.82) is 0 Å². The maximum Gasteiger partial charge on any atom is 0.387 e. The van der Waals surface area contributed by atoms with Gasteiger partial charge in [-0.05, 0) is 41.6 Å². The number of ether oxygens (including phenoxy) is 3. The molecule has 0 atom stereocenters. The largest absolute Gasteiger partial charge is 0.493 e. The highest BCUT2D eigenvalue weighted by Crippen LogP contribution is 2.29. The minimum Gasteiger partial charge on any atom is -0.493 e. The van der Waals surface area contributed by atoms with Crippen molar-refractivity contribution in [2.45, 2.75) is 20.1 Å². The van der Waals surface area contributed by atoms with Crippen LogP contribution >= 0.6 is 11.3 Å². The van der Waals surface area contributed by atoms with Crippen LogP contribution in [0.4, 0.5) is 8.78 Å². The smallest absolute Gasteiger partial charge is 0.387 e. The van der Waals surface area contributed by atoms with E-state index in [1.807, 2.05) is 0 Å². The van der Waals surface area contributed by atoms with Crippen LogP contribution in [-0.4, -0.2) is 32.2 Å². The fourth-order valence-corrected chi connectivity index (χ4v) is 2.86. The van der Waals surface area contributed by atoms with Crippen molar-refractivity contribution in [3.8, 4) is 11.5 Å². The molecule has 0 aliphatic rings. The number of aryl methyl sites for hydroxylation is 1. The standard InChI is InChI=1S/C17H17F2NO5S/c1-10-5-6-26-15(10)16(22)24-9-14(21)20-8-11-3-4-12(25-17(18)19)13(7-11)23-2/h3-7,17H,8-9H2,1-2H3,(H,20,21). The second kappa shape index (κ2) is 9.14. The lowest BCUT2D eigenvalue weighted by Crippen LogP contribution is -2.28. The summed E-state index contributed by atoms with van der Waals surface area (Å²) in [5.74, 6) is -1.02. The SMILES string of the molecule is COc1cc(CNC(=O)COC(=O)c2sccc2C)ccc1OC(F)F. The fraction of sp³-hybridized carbons (Fsp3) is 0.294. The summed E-state index contributed by atoms with van der Waals surface area (Å²) in [6, 6.07) is 6.10. The number of thiophene rings is 1. The summed E-state index contributed by atoms with van der Waals surface area (Å²) in [5, 5.41) is 4.33. The molecule has 0 saturated heterocycles. The third-order valence-corrected chi connectivity index (χ3v) is 4.31. The molecule has 1 heterocycles. The third-order valence-electron chi connectivity index (χ3n) is 3.32. The van der Waals surface area contributed by atoms with E-state index in [1.165, 1.54) is 36.6 Å². The van der Waals surface area contributed by atoms with Crippen molar-refractivity contribution in [2.24, 2.45) is 0 Å². The number of nitrogens with one attached hydrogen (secondary N) is 1. The molecule has 9 heteroatoms. The van der Waals surface area contributed by atoms with Gasteiger partial charge in [0.15, 0.2) is 18.1 Å². The van der Waals surface area contributed by atoms with E-state index >= 15 is 0 Å². The molecule has 1 amide bonds. The van der Waals surface area contributed by atoms with Gasteiger partial charge in [-0.25, -0.2) is 4.79 Å². The Morgan fingerprint density at radius 2 is 2.00 bits per heavy atom. The monoisotopic (exact) mass is 385 g/mol. The second-order valence-corrected chi connectivity index (χ2v) is 6.07. The molecule has 1 aromatic heterocycles. The fourth-order valence-electron chi connectivity index (χ4n) is 2.05. The number of methoxy groups -OCH3 is 1. The molecule has 0 aliphatic heterocycles. The lowest BCUT2D eigenvalue weighted by atomic mass is 10.2. The molecule has 26 heavy (non-hydrogen) atoms. The average molecular weight is 385 g/mol. The van der Waals surface area contributed by atoms with Gasteiger partial charge in [0.05, 0.1) is 7.11 Å². The van der Waals surface area contributed by atoms with Gasteiger partial charge in [-0.2, -0.15) is 8.78 Å². The predicted molar refractivity (Wildman–Crippen MR) is 90.8 cm³/mol. The molecule has 0 unspecified atom stereocenters. The quantitative estimate of drug-likeness (QED) is 0.707. The average Bonchev–Trinajstić information content (AvgIpc) is 3.04. The van der Waals surface area contributed by atoms with E-state index in [9.17, 15) is 18.4 Å². The molecule has 140 valence electrons. The molecule has 0 fully saturated rings. The first-order valence-electron chi connectivity index (χ1n) is 7.50. The number of benzene rings is 1. The molecule has 0 bridgehead atoms. The molecule has 0 saturated carbocycles. The summed E-state index contributed by atoms with van der Waals surface area (Å²) in [7, 11) is 1.32. The van der Waals surface area contributed by atoms with Crippen molar-refractivity contribution >= 4 is 23.2 Å². The molecule has 2 rings (SSSR count). The van der Waals surface area contributed by atoms with E-state index < -0.39 is 25.1 Å². The van der Waals surface area contributed by atoms with Gasteiger partial charge in [0, 0.05) is 6.54 Å². The summed E-state index contributed by atoms with van der Waals surface area (Å²) in [4.78, 5) is 24.1. The van der Waals surface area contributed by atoms with Gasteiger partial charge in [-0.3, -0.25) is 4.79 Å². The Labute approximate surface area is 152 Å². The van der Waals surface area contributed by atoms with Crippen molar-refractivity contribution in [3.05, 3.63) is 45.6 Å². The Bertz CT molecular complexity index is 778. The number of alkyl halides is 2. The molecular weight excluding hydrogens is 368 g/mol. The van der Waals surface area contributed by atoms with Crippen molar-refractivity contribution in [1.82, 2.24) is 5.32 Å². The first kappa shape index (κ1) is 19.6. The first-order valence-corrected chi connectivity index (χ1v) is 8.38. The van der Waals surface area contributed by atoms with Gasteiger partial charge < -0.3 is 19.5 Å². The maximum atomic E-state index is 12.3. The number of hydrogen-bond acceptors (Lipinski definition) is 6. The minimum atomic E-state index is -2.96. The number of halogens is 2.